The summed E-state index contributed by atoms with van der Waals surface area (Å²) in [7, 11) is 0. The molecule has 2 aromatic carbocycles. The third-order valence-corrected chi connectivity index (χ3v) is 5.98. The number of phenolic OH excluding ortho intramolecular Hbond substituents is 1. The summed E-state index contributed by atoms with van der Waals surface area (Å²) in [5.74, 6) is -0.746. The van der Waals surface area contributed by atoms with Crippen molar-refractivity contribution >= 4 is 17.9 Å². The van der Waals surface area contributed by atoms with E-state index in [-0.39, 0.29) is 24.1 Å². The van der Waals surface area contributed by atoms with Gasteiger partial charge in [-0.1, -0.05) is 68.7 Å². The number of nitrogens with zero attached hydrogens (tertiary/aromatic N) is 1. The van der Waals surface area contributed by atoms with Crippen LogP contribution in [0.1, 0.15) is 84.4 Å². The minimum Gasteiger partial charge on any atom is -0.508 e. The van der Waals surface area contributed by atoms with Crippen molar-refractivity contribution in [3.63, 3.8) is 0 Å². The van der Waals surface area contributed by atoms with Crippen LogP contribution in [0.3, 0.4) is 0 Å². The first-order valence-corrected chi connectivity index (χ1v) is 13.8. The van der Waals surface area contributed by atoms with Crippen LogP contribution in [0.2, 0.25) is 0 Å². The highest BCUT2D eigenvalue weighted by Gasteiger charge is 2.36. The average molecular weight is 540 g/mol. The third kappa shape index (κ3) is 11.0. The van der Waals surface area contributed by atoms with Crippen molar-refractivity contribution in [2.45, 2.75) is 97.4 Å². The molecule has 0 fully saturated rings. The van der Waals surface area contributed by atoms with E-state index < -0.39 is 29.7 Å². The van der Waals surface area contributed by atoms with Gasteiger partial charge in [-0.05, 0) is 64.3 Å². The molecule has 8 heteroatoms. The second-order valence-electron chi connectivity index (χ2n) is 11.1. The molecule has 0 aliphatic heterocycles. The summed E-state index contributed by atoms with van der Waals surface area (Å²) in [6.07, 6.45) is 3.12. The first-order chi connectivity index (χ1) is 18.4. The Morgan fingerprint density at radius 1 is 0.949 bits per heavy atom. The van der Waals surface area contributed by atoms with Gasteiger partial charge in [-0.15, -0.1) is 0 Å². The summed E-state index contributed by atoms with van der Waals surface area (Å²) in [4.78, 5) is 42.3. The Balaban J connectivity index is 2.53. The van der Waals surface area contributed by atoms with Crippen LogP contribution in [-0.2, 0) is 20.7 Å². The van der Waals surface area contributed by atoms with Crippen LogP contribution in [0.4, 0.5) is 4.79 Å². The normalized spacial score (nSPS) is 12.9. The van der Waals surface area contributed by atoms with E-state index >= 15 is 0 Å². The van der Waals surface area contributed by atoms with Crippen LogP contribution >= 0.6 is 0 Å². The topological polar surface area (TPSA) is 108 Å². The number of carbonyl (C=O) groups is 3. The maximum atomic E-state index is 14.3. The molecule has 0 radical (unpaired) electrons. The summed E-state index contributed by atoms with van der Waals surface area (Å²) in [5.41, 5.74) is 0.608. The summed E-state index contributed by atoms with van der Waals surface area (Å²) in [6, 6.07) is 13.7. The van der Waals surface area contributed by atoms with Crippen molar-refractivity contribution in [1.82, 2.24) is 15.5 Å². The molecule has 0 spiro atoms. The van der Waals surface area contributed by atoms with E-state index in [1.165, 1.54) is 17.0 Å². The molecule has 0 aliphatic carbocycles. The number of unbranched alkanes of at least 4 members (excludes halogenated alkanes) is 3. The van der Waals surface area contributed by atoms with Crippen molar-refractivity contribution in [2.75, 3.05) is 6.54 Å². The number of nitrogens with one attached hydrogen (secondary N) is 2. The molecule has 0 bridgehead atoms. The Kier molecular flexibility index (Phi) is 12.3. The molecule has 3 amide bonds. The standard InChI is InChI=1S/C31H45N3O5/c1-7-8-9-13-19-34(27(28(36)32-22(2)3)24-17-14-18-25(35)21-24)29(37)26(20-23-15-11-10-12-16-23)33-30(38)39-31(4,5)6/h10-12,14-18,21-22,26-27,35H,7-9,13,19-20H2,1-6H3,(H,32,36)(H,33,38). The average Bonchev–Trinajstić information content (AvgIpc) is 2.84. The van der Waals surface area contributed by atoms with Gasteiger partial charge in [0.2, 0.25) is 11.8 Å². The molecule has 0 heterocycles. The fraction of sp³-hybridized carbons (Fsp3) is 0.516. The third-order valence-electron chi connectivity index (χ3n) is 5.98. The minimum absolute atomic E-state index is 0.000874. The van der Waals surface area contributed by atoms with E-state index in [0.717, 1.165) is 24.8 Å². The lowest BCUT2D eigenvalue weighted by atomic mass is 9.99. The molecule has 2 rings (SSSR count). The van der Waals surface area contributed by atoms with Crippen molar-refractivity contribution in [3.8, 4) is 5.75 Å². The predicted octanol–water partition coefficient (Wildman–Crippen LogP) is 5.50. The van der Waals surface area contributed by atoms with E-state index in [9.17, 15) is 19.5 Å². The molecular weight excluding hydrogens is 494 g/mol. The summed E-state index contributed by atoms with van der Waals surface area (Å²) >= 11 is 0. The fourth-order valence-corrected chi connectivity index (χ4v) is 4.31. The van der Waals surface area contributed by atoms with Gasteiger partial charge in [0.1, 0.15) is 23.4 Å². The molecule has 39 heavy (non-hydrogen) atoms. The lowest BCUT2D eigenvalue weighted by Gasteiger charge is -2.35. The van der Waals surface area contributed by atoms with Gasteiger partial charge in [-0.3, -0.25) is 9.59 Å². The maximum absolute atomic E-state index is 14.3. The highest BCUT2D eigenvalue weighted by molar-refractivity contribution is 5.92. The maximum Gasteiger partial charge on any atom is 0.408 e. The number of alkyl carbamates (subject to hydrolysis) is 1. The number of amides is 3. The number of rotatable bonds is 13. The van der Waals surface area contributed by atoms with Gasteiger partial charge in [0.15, 0.2) is 0 Å². The smallest absolute Gasteiger partial charge is 0.408 e. The predicted molar refractivity (Wildman–Crippen MR) is 153 cm³/mol. The van der Waals surface area contributed by atoms with Gasteiger partial charge in [0.25, 0.3) is 0 Å². The fourth-order valence-electron chi connectivity index (χ4n) is 4.31. The molecule has 0 saturated carbocycles. The Morgan fingerprint density at radius 3 is 2.23 bits per heavy atom. The van der Waals surface area contributed by atoms with Crippen LogP contribution in [-0.4, -0.2) is 52.1 Å². The summed E-state index contributed by atoms with van der Waals surface area (Å²) in [6.45, 7) is 11.4. The number of hydrogen-bond donors (Lipinski definition) is 3. The summed E-state index contributed by atoms with van der Waals surface area (Å²) < 4.78 is 5.48. The number of phenols is 1. The SMILES string of the molecule is CCCCCCN(C(=O)C(Cc1ccccc1)NC(=O)OC(C)(C)C)C(C(=O)NC(C)C)c1cccc(O)c1. The number of carbonyl (C=O) groups excluding carboxylic acids is 3. The van der Waals surface area contributed by atoms with Crippen molar-refractivity contribution in [3.05, 3.63) is 65.7 Å². The molecule has 2 atom stereocenters. The van der Waals surface area contributed by atoms with Crippen LogP contribution in [0, 0.1) is 0 Å². The van der Waals surface area contributed by atoms with E-state index in [4.69, 9.17) is 4.74 Å². The Morgan fingerprint density at radius 2 is 1.64 bits per heavy atom. The van der Waals surface area contributed by atoms with Gasteiger partial charge in [-0.25, -0.2) is 4.79 Å². The molecule has 0 aliphatic rings. The second kappa shape index (κ2) is 15.1. The van der Waals surface area contributed by atoms with Gasteiger partial charge in [-0.2, -0.15) is 0 Å². The molecular formula is C31H45N3O5. The monoisotopic (exact) mass is 539 g/mol. The molecule has 0 saturated heterocycles. The molecule has 8 nitrogen and oxygen atoms in total. The van der Waals surface area contributed by atoms with E-state index in [2.05, 4.69) is 17.6 Å². The van der Waals surface area contributed by atoms with Gasteiger partial charge in [0, 0.05) is 19.0 Å². The van der Waals surface area contributed by atoms with E-state index in [1.54, 1.807) is 32.9 Å². The first kappa shape index (κ1) is 31.7. The van der Waals surface area contributed by atoms with Crippen molar-refractivity contribution < 1.29 is 24.2 Å². The van der Waals surface area contributed by atoms with Crippen LogP contribution in [0.5, 0.6) is 5.75 Å². The second-order valence-corrected chi connectivity index (χ2v) is 11.1. The Hall–Kier alpha value is -3.55. The number of hydrogen-bond acceptors (Lipinski definition) is 5. The zero-order valence-electron chi connectivity index (χ0n) is 24.2. The highest BCUT2D eigenvalue weighted by atomic mass is 16.6. The summed E-state index contributed by atoms with van der Waals surface area (Å²) in [5, 5.41) is 15.9. The van der Waals surface area contributed by atoms with Gasteiger partial charge >= 0.3 is 6.09 Å². The molecule has 3 N–H and O–H groups in total. The van der Waals surface area contributed by atoms with E-state index in [0.29, 0.717) is 18.5 Å². The molecule has 2 aromatic rings. The number of benzene rings is 2. The van der Waals surface area contributed by atoms with Crippen molar-refractivity contribution in [2.24, 2.45) is 0 Å². The zero-order chi connectivity index (χ0) is 29.0. The Labute approximate surface area is 233 Å². The van der Waals surface area contributed by atoms with Crippen LogP contribution in [0.25, 0.3) is 0 Å². The molecule has 0 aromatic heterocycles. The zero-order valence-corrected chi connectivity index (χ0v) is 24.2. The van der Waals surface area contributed by atoms with Crippen LogP contribution < -0.4 is 10.6 Å². The Bertz CT molecular complexity index is 1070. The number of ether oxygens (including phenoxy) is 1. The minimum atomic E-state index is -0.993. The van der Waals surface area contributed by atoms with Crippen LogP contribution in [0.15, 0.2) is 54.6 Å². The molecule has 214 valence electrons. The largest absolute Gasteiger partial charge is 0.508 e. The van der Waals surface area contributed by atoms with Gasteiger partial charge in [0.05, 0.1) is 0 Å². The molecule has 2 unspecified atom stereocenters. The lowest BCUT2D eigenvalue weighted by molar-refractivity contribution is -0.142. The lowest BCUT2D eigenvalue weighted by Crippen LogP contribution is -2.54. The highest BCUT2D eigenvalue weighted by Crippen LogP contribution is 2.27. The van der Waals surface area contributed by atoms with Gasteiger partial charge < -0.3 is 25.4 Å². The van der Waals surface area contributed by atoms with Crippen molar-refractivity contribution in [1.29, 1.82) is 0 Å². The van der Waals surface area contributed by atoms with E-state index in [1.807, 2.05) is 44.2 Å². The number of aromatic hydroxyl groups is 1. The quantitative estimate of drug-likeness (QED) is 0.291. The first-order valence-electron chi connectivity index (χ1n) is 13.8.